The van der Waals surface area contributed by atoms with Crippen molar-refractivity contribution in [2.24, 2.45) is 0 Å². The Balaban J connectivity index is 2.29. The van der Waals surface area contributed by atoms with E-state index in [4.69, 9.17) is 9.84 Å². The number of carbonyl (C=O) groups excluding carboxylic acids is 1. The summed E-state index contributed by atoms with van der Waals surface area (Å²) >= 11 is 0. The molecule has 0 fully saturated rings. The zero-order valence-corrected chi connectivity index (χ0v) is 12.4. The number of nitrogens with one attached hydrogen (secondary N) is 1. The van der Waals surface area contributed by atoms with Crippen LogP contribution in [0, 0.1) is 0 Å². The van der Waals surface area contributed by atoms with Crippen LogP contribution in [0.2, 0.25) is 0 Å². The molecule has 0 radical (unpaired) electrons. The maximum absolute atomic E-state index is 11.8. The lowest BCUT2D eigenvalue weighted by Crippen LogP contribution is -2.24. The fourth-order valence-electron chi connectivity index (χ4n) is 1.74. The Hall–Kier alpha value is -2.04. The Morgan fingerprint density at radius 2 is 1.86 bits per heavy atom. The van der Waals surface area contributed by atoms with Gasteiger partial charge >= 0.3 is 5.97 Å². The van der Waals surface area contributed by atoms with E-state index in [1.54, 1.807) is 24.3 Å². The SMILES string of the molecule is CCCCOc1ccc(C(=O)NCCCCC(=O)O)cc1. The summed E-state index contributed by atoms with van der Waals surface area (Å²) < 4.78 is 5.53. The van der Waals surface area contributed by atoms with Gasteiger partial charge in [0.2, 0.25) is 0 Å². The van der Waals surface area contributed by atoms with Gasteiger partial charge in [-0.2, -0.15) is 0 Å². The average Bonchev–Trinajstić information content (AvgIpc) is 2.47. The number of ether oxygens (including phenoxy) is 1. The lowest BCUT2D eigenvalue weighted by molar-refractivity contribution is -0.137. The minimum absolute atomic E-state index is 0.139. The maximum Gasteiger partial charge on any atom is 0.303 e. The van der Waals surface area contributed by atoms with Crippen molar-refractivity contribution < 1.29 is 19.4 Å². The predicted octanol–water partition coefficient (Wildman–Crippen LogP) is 2.85. The highest BCUT2D eigenvalue weighted by atomic mass is 16.5. The predicted molar refractivity (Wildman–Crippen MR) is 80.7 cm³/mol. The molecule has 116 valence electrons. The zero-order valence-electron chi connectivity index (χ0n) is 12.4. The van der Waals surface area contributed by atoms with Crippen LogP contribution in [0.25, 0.3) is 0 Å². The van der Waals surface area contributed by atoms with E-state index in [2.05, 4.69) is 12.2 Å². The highest BCUT2D eigenvalue weighted by molar-refractivity contribution is 5.94. The van der Waals surface area contributed by atoms with Crippen molar-refractivity contribution in [2.75, 3.05) is 13.2 Å². The summed E-state index contributed by atoms with van der Waals surface area (Å²) in [4.78, 5) is 22.2. The Labute approximate surface area is 125 Å². The molecule has 1 amide bonds. The van der Waals surface area contributed by atoms with Gasteiger partial charge in [-0.1, -0.05) is 13.3 Å². The van der Waals surface area contributed by atoms with Crippen LogP contribution in [0.15, 0.2) is 24.3 Å². The third-order valence-corrected chi connectivity index (χ3v) is 2.99. The molecule has 0 spiro atoms. The summed E-state index contributed by atoms with van der Waals surface area (Å²) in [5, 5.41) is 11.3. The number of benzene rings is 1. The first kappa shape index (κ1) is 17.0. The first-order valence-corrected chi connectivity index (χ1v) is 7.36. The van der Waals surface area contributed by atoms with Crippen molar-refractivity contribution in [1.29, 1.82) is 0 Å². The van der Waals surface area contributed by atoms with Crippen LogP contribution in [-0.4, -0.2) is 30.1 Å². The molecular formula is C16H23NO4. The molecule has 0 aliphatic rings. The third kappa shape index (κ3) is 7.34. The summed E-state index contributed by atoms with van der Waals surface area (Å²) in [6.07, 6.45) is 3.47. The van der Waals surface area contributed by atoms with Crippen molar-refractivity contribution >= 4 is 11.9 Å². The van der Waals surface area contributed by atoms with Gasteiger partial charge in [0.15, 0.2) is 0 Å². The van der Waals surface area contributed by atoms with E-state index in [1.807, 2.05) is 0 Å². The van der Waals surface area contributed by atoms with E-state index < -0.39 is 5.97 Å². The lowest BCUT2D eigenvalue weighted by Gasteiger charge is -2.07. The monoisotopic (exact) mass is 293 g/mol. The quantitative estimate of drug-likeness (QED) is 0.650. The van der Waals surface area contributed by atoms with Crippen LogP contribution in [0.5, 0.6) is 5.75 Å². The summed E-state index contributed by atoms with van der Waals surface area (Å²) in [6.45, 7) is 3.28. The van der Waals surface area contributed by atoms with E-state index in [1.165, 1.54) is 0 Å². The highest BCUT2D eigenvalue weighted by Gasteiger charge is 2.05. The molecule has 0 saturated carbocycles. The molecule has 0 bridgehead atoms. The van der Waals surface area contributed by atoms with Gasteiger partial charge < -0.3 is 15.2 Å². The molecule has 0 aromatic heterocycles. The van der Waals surface area contributed by atoms with Gasteiger partial charge in [-0.3, -0.25) is 9.59 Å². The number of carbonyl (C=O) groups is 2. The van der Waals surface area contributed by atoms with Gasteiger partial charge in [-0.05, 0) is 43.5 Å². The average molecular weight is 293 g/mol. The van der Waals surface area contributed by atoms with Gasteiger partial charge in [0.1, 0.15) is 5.75 Å². The fraction of sp³-hybridized carbons (Fsp3) is 0.500. The van der Waals surface area contributed by atoms with Crippen LogP contribution in [0.3, 0.4) is 0 Å². The lowest BCUT2D eigenvalue weighted by atomic mass is 10.2. The Bertz CT molecular complexity index is 442. The number of hydrogen-bond donors (Lipinski definition) is 2. The molecule has 0 unspecified atom stereocenters. The molecule has 1 aromatic rings. The van der Waals surface area contributed by atoms with Gasteiger partial charge in [-0.25, -0.2) is 0 Å². The summed E-state index contributed by atoms with van der Waals surface area (Å²) in [5.41, 5.74) is 0.580. The maximum atomic E-state index is 11.8. The highest BCUT2D eigenvalue weighted by Crippen LogP contribution is 2.12. The molecule has 2 N–H and O–H groups in total. The molecule has 0 saturated heterocycles. The van der Waals surface area contributed by atoms with Crippen LogP contribution >= 0.6 is 0 Å². The number of amides is 1. The first-order valence-electron chi connectivity index (χ1n) is 7.36. The Morgan fingerprint density at radius 3 is 2.48 bits per heavy atom. The minimum Gasteiger partial charge on any atom is -0.494 e. The molecule has 0 atom stereocenters. The minimum atomic E-state index is -0.806. The molecule has 5 heteroatoms. The van der Waals surface area contributed by atoms with E-state index in [0.29, 0.717) is 31.6 Å². The van der Waals surface area contributed by atoms with E-state index in [0.717, 1.165) is 18.6 Å². The fourth-order valence-corrected chi connectivity index (χ4v) is 1.74. The van der Waals surface area contributed by atoms with Crippen molar-refractivity contribution in [3.8, 4) is 5.75 Å². The molecule has 1 aromatic carbocycles. The molecule has 0 heterocycles. The molecule has 0 aliphatic carbocycles. The second-order valence-electron chi connectivity index (χ2n) is 4.83. The normalized spacial score (nSPS) is 10.1. The van der Waals surface area contributed by atoms with Gasteiger partial charge in [0.25, 0.3) is 5.91 Å². The number of carboxylic acids is 1. The van der Waals surface area contributed by atoms with E-state index in [-0.39, 0.29) is 12.3 Å². The Morgan fingerprint density at radius 1 is 1.14 bits per heavy atom. The smallest absolute Gasteiger partial charge is 0.303 e. The molecule has 1 rings (SSSR count). The molecule has 21 heavy (non-hydrogen) atoms. The number of aliphatic carboxylic acids is 1. The van der Waals surface area contributed by atoms with E-state index >= 15 is 0 Å². The van der Waals surface area contributed by atoms with Crippen LogP contribution in [0.1, 0.15) is 49.4 Å². The van der Waals surface area contributed by atoms with Crippen molar-refractivity contribution in [3.05, 3.63) is 29.8 Å². The van der Waals surface area contributed by atoms with E-state index in [9.17, 15) is 9.59 Å². The summed E-state index contributed by atoms with van der Waals surface area (Å²) in [5.74, 6) is -0.188. The van der Waals surface area contributed by atoms with Crippen LogP contribution in [-0.2, 0) is 4.79 Å². The Kier molecular flexibility index (Phi) is 7.94. The van der Waals surface area contributed by atoms with Crippen molar-refractivity contribution in [3.63, 3.8) is 0 Å². The largest absolute Gasteiger partial charge is 0.494 e. The zero-order chi connectivity index (χ0) is 15.5. The van der Waals surface area contributed by atoms with Gasteiger partial charge in [0, 0.05) is 18.5 Å². The number of rotatable bonds is 10. The molecular weight excluding hydrogens is 270 g/mol. The van der Waals surface area contributed by atoms with Gasteiger partial charge in [0.05, 0.1) is 6.61 Å². The van der Waals surface area contributed by atoms with Crippen molar-refractivity contribution in [2.45, 2.75) is 39.0 Å². The third-order valence-electron chi connectivity index (χ3n) is 2.99. The second kappa shape index (κ2) is 9.80. The first-order chi connectivity index (χ1) is 10.1. The second-order valence-corrected chi connectivity index (χ2v) is 4.83. The number of carboxylic acid groups (broad SMARTS) is 1. The molecule has 5 nitrogen and oxygen atoms in total. The topological polar surface area (TPSA) is 75.6 Å². The van der Waals surface area contributed by atoms with Gasteiger partial charge in [-0.15, -0.1) is 0 Å². The van der Waals surface area contributed by atoms with Crippen LogP contribution < -0.4 is 10.1 Å². The van der Waals surface area contributed by atoms with Crippen LogP contribution in [0.4, 0.5) is 0 Å². The standard InChI is InChI=1S/C16H23NO4/c1-2-3-12-21-14-9-7-13(8-10-14)16(20)17-11-5-4-6-15(18)19/h7-10H,2-6,11-12H2,1H3,(H,17,20)(H,18,19). The summed E-state index contributed by atoms with van der Waals surface area (Å²) in [6, 6.07) is 7.03. The number of hydrogen-bond acceptors (Lipinski definition) is 3. The van der Waals surface area contributed by atoms with Crippen molar-refractivity contribution in [1.82, 2.24) is 5.32 Å². The summed E-state index contributed by atoms with van der Waals surface area (Å²) in [7, 11) is 0. The molecule has 0 aliphatic heterocycles. The number of unbranched alkanes of at least 4 members (excludes halogenated alkanes) is 2.